The van der Waals surface area contributed by atoms with Crippen molar-refractivity contribution in [3.63, 3.8) is 0 Å². The van der Waals surface area contributed by atoms with Crippen molar-refractivity contribution in [2.24, 2.45) is 5.73 Å². The van der Waals surface area contributed by atoms with Gasteiger partial charge in [-0.05, 0) is 50.3 Å². The number of methoxy groups -OCH3 is 1. The molecule has 3 nitrogen and oxygen atoms in total. The van der Waals surface area contributed by atoms with Crippen molar-refractivity contribution in [2.75, 3.05) is 13.7 Å². The van der Waals surface area contributed by atoms with Gasteiger partial charge in [0.2, 0.25) is 0 Å². The minimum absolute atomic E-state index is 0.277. The van der Waals surface area contributed by atoms with Crippen molar-refractivity contribution in [2.45, 2.75) is 45.6 Å². The number of aryl methyl sites for hydroxylation is 1. The van der Waals surface area contributed by atoms with E-state index < -0.39 is 0 Å². The van der Waals surface area contributed by atoms with Crippen LogP contribution in [0.3, 0.4) is 0 Å². The lowest BCUT2D eigenvalue weighted by Gasteiger charge is -2.12. The molecule has 0 fully saturated rings. The number of hydrogen-bond acceptors (Lipinski definition) is 3. The van der Waals surface area contributed by atoms with Crippen LogP contribution in [0.25, 0.3) is 0 Å². The van der Waals surface area contributed by atoms with Gasteiger partial charge in [0.25, 0.3) is 0 Å². The molecule has 0 bridgehead atoms. The first-order valence-corrected chi connectivity index (χ1v) is 6.72. The molecule has 0 aliphatic rings. The predicted molar refractivity (Wildman–Crippen MR) is 75.4 cm³/mol. The minimum atomic E-state index is 0.277. The summed E-state index contributed by atoms with van der Waals surface area (Å²) in [5, 5.41) is 0. The average molecular weight is 251 g/mol. The largest absolute Gasteiger partial charge is 0.493 e. The van der Waals surface area contributed by atoms with E-state index in [-0.39, 0.29) is 6.04 Å². The number of nitrogens with two attached hydrogens (primary N) is 1. The van der Waals surface area contributed by atoms with Crippen LogP contribution in [0.15, 0.2) is 18.2 Å². The van der Waals surface area contributed by atoms with E-state index in [0.29, 0.717) is 0 Å². The van der Waals surface area contributed by atoms with E-state index in [2.05, 4.69) is 19.1 Å². The number of benzene rings is 1. The molecule has 18 heavy (non-hydrogen) atoms. The molecule has 0 saturated heterocycles. The maximum atomic E-state index is 5.75. The highest BCUT2D eigenvalue weighted by Crippen LogP contribution is 2.28. The molecule has 0 aliphatic carbocycles. The Kier molecular flexibility index (Phi) is 6.58. The van der Waals surface area contributed by atoms with Gasteiger partial charge in [0.1, 0.15) is 0 Å². The molecule has 0 spiro atoms. The zero-order valence-corrected chi connectivity index (χ0v) is 11.7. The van der Waals surface area contributed by atoms with Crippen molar-refractivity contribution in [3.05, 3.63) is 23.8 Å². The van der Waals surface area contributed by atoms with E-state index in [1.807, 2.05) is 13.0 Å². The smallest absolute Gasteiger partial charge is 0.161 e. The number of rotatable bonds is 8. The van der Waals surface area contributed by atoms with Crippen LogP contribution in [0, 0.1) is 0 Å². The summed E-state index contributed by atoms with van der Waals surface area (Å²) in [6, 6.07) is 6.44. The fraction of sp³-hybridized carbons (Fsp3) is 0.600. The molecule has 0 aliphatic heterocycles. The normalized spacial score (nSPS) is 12.2. The summed E-state index contributed by atoms with van der Waals surface area (Å²) in [4.78, 5) is 0. The third kappa shape index (κ3) is 4.96. The monoisotopic (exact) mass is 251 g/mol. The van der Waals surface area contributed by atoms with Crippen molar-refractivity contribution in [3.8, 4) is 11.5 Å². The Labute approximate surface area is 110 Å². The van der Waals surface area contributed by atoms with Crippen molar-refractivity contribution < 1.29 is 9.47 Å². The molecule has 3 heteroatoms. The summed E-state index contributed by atoms with van der Waals surface area (Å²) >= 11 is 0. The molecular formula is C15H25NO2. The van der Waals surface area contributed by atoms with Gasteiger partial charge >= 0.3 is 0 Å². The molecule has 1 rings (SSSR count). The third-order valence-electron chi connectivity index (χ3n) is 2.81. The molecule has 0 aromatic heterocycles. The van der Waals surface area contributed by atoms with Crippen LogP contribution in [0.2, 0.25) is 0 Å². The van der Waals surface area contributed by atoms with E-state index in [4.69, 9.17) is 15.2 Å². The van der Waals surface area contributed by atoms with Gasteiger partial charge in [-0.15, -0.1) is 0 Å². The van der Waals surface area contributed by atoms with Crippen LogP contribution in [-0.2, 0) is 6.42 Å². The highest BCUT2D eigenvalue weighted by Gasteiger charge is 2.05. The lowest BCUT2D eigenvalue weighted by Crippen LogP contribution is -2.14. The highest BCUT2D eigenvalue weighted by atomic mass is 16.5. The van der Waals surface area contributed by atoms with E-state index >= 15 is 0 Å². The first-order valence-electron chi connectivity index (χ1n) is 6.72. The van der Waals surface area contributed by atoms with Crippen LogP contribution in [0.4, 0.5) is 0 Å². The van der Waals surface area contributed by atoms with E-state index in [0.717, 1.165) is 43.8 Å². The van der Waals surface area contributed by atoms with Crippen LogP contribution < -0.4 is 15.2 Å². The van der Waals surface area contributed by atoms with Crippen LogP contribution in [0.5, 0.6) is 11.5 Å². The summed E-state index contributed by atoms with van der Waals surface area (Å²) in [7, 11) is 1.68. The quantitative estimate of drug-likeness (QED) is 0.772. The minimum Gasteiger partial charge on any atom is -0.493 e. The van der Waals surface area contributed by atoms with Gasteiger partial charge in [0.15, 0.2) is 11.5 Å². The Morgan fingerprint density at radius 1 is 1.28 bits per heavy atom. The van der Waals surface area contributed by atoms with Gasteiger partial charge in [0, 0.05) is 6.04 Å². The van der Waals surface area contributed by atoms with E-state index in [1.165, 1.54) is 5.56 Å². The standard InChI is InChI=1S/C15H25NO2/c1-4-10-18-14-9-8-13(11-15(14)17-3)7-5-6-12(2)16/h8-9,11-12H,4-7,10,16H2,1-3H3. The zero-order chi connectivity index (χ0) is 13.4. The summed E-state index contributed by atoms with van der Waals surface area (Å²) in [6.45, 7) is 4.86. The van der Waals surface area contributed by atoms with Crippen molar-refractivity contribution in [1.29, 1.82) is 0 Å². The molecule has 1 atom stereocenters. The van der Waals surface area contributed by atoms with Gasteiger partial charge in [-0.2, -0.15) is 0 Å². The molecule has 102 valence electrons. The Morgan fingerprint density at radius 2 is 2.06 bits per heavy atom. The number of ether oxygens (including phenoxy) is 2. The summed E-state index contributed by atoms with van der Waals surface area (Å²) < 4.78 is 11.0. The summed E-state index contributed by atoms with van der Waals surface area (Å²) in [5.74, 6) is 1.65. The van der Waals surface area contributed by atoms with Crippen LogP contribution in [-0.4, -0.2) is 19.8 Å². The maximum absolute atomic E-state index is 5.75. The first kappa shape index (κ1) is 14.8. The fourth-order valence-electron chi connectivity index (χ4n) is 1.83. The summed E-state index contributed by atoms with van der Waals surface area (Å²) in [5.41, 5.74) is 7.02. The Hall–Kier alpha value is -1.22. The van der Waals surface area contributed by atoms with Gasteiger partial charge in [-0.1, -0.05) is 13.0 Å². The summed E-state index contributed by atoms with van der Waals surface area (Å²) in [6.07, 6.45) is 4.19. The second-order valence-corrected chi connectivity index (χ2v) is 4.70. The zero-order valence-electron chi connectivity index (χ0n) is 11.7. The molecule has 0 amide bonds. The molecule has 1 unspecified atom stereocenters. The van der Waals surface area contributed by atoms with Gasteiger partial charge < -0.3 is 15.2 Å². The van der Waals surface area contributed by atoms with Crippen LogP contribution >= 0.6 is 0 Å². The van der Waals surface area contributed by atoms with Crippen molar-refractivity contribution >= 4 is 0 Å². The Bertz CT molecular complexity index is 350. The molecule has 0 radical (unpaired) electrons. The SMILES string of the molecule is CCCOc1ccc(CCCC(C)N)cc1OC. The maximum Gasteiger partial charge on any atom is 0.161 e. The molecule has 0 saturated carbocycles. The predicted octanol–water partition coefficient (Wildman–Crippen LogP) is 3.15. The second-order valence-electron chi connectivity index (χ2n) is 4.70. The average Bonchev–Trinajstić information content (AvgIpc) is 2.36. The number of hydrogen-bond donors (Lipinski definition) is 1. The van der Waals surface area contributed by atoms with Gasteiger partial charge in [-0.3, -0.25) is 0 Å². The molecule has 2 N–H and O–H groups in total. The van der Waals surface area contributed by atoms with E-state index in [9.17, 15) is 0 Å². The Balaban J connectivity index is 2.60. The Morgan fingerprint density at radius 3 is 2.67 bits per heavy atom. The molecule has 1 aromatic rings. The van der Waals surface area contributed by atoms with E-state index in [1.54, 1.807) is 7.11 Å². The molecule has 1 aromatic carbocycles. The highest BCUT2D eigenvalue weighted by molar-refractivity contribution is 5.43. The topological polar surface area (TPSA) is 44.5 Å². The van der Waals surface area contributed by atoms with Crippen LogP contribution in [0.1, 0.15) is 38.7 Å². The first-order chi connectivity index (χ1) is 8.67. The lowest BCUT2D eigenvalue weighted by molar-refractivity contribution is 0.294. The third-order valence-corrected chi connectivity index (χ3v) is 2.81. The van der Waals surface area contributed by atoms with Gasteiger partial charge in [-0.25, -0.2) is 0 Å². The van der Waals surface area contributed by atoms with Gasteiger partial charge in [0.05, 0.1) is 13.7 Å². The molecule has 0 heterocycles. The lowest BCUT2D eigenvalue weighted by atomic mass is 10.1. The fourth-order valence-corrected chi connectivity index (χ4v) is 1.83. The molecular weight excluding hydrogens is 226 g/mol. The van der Waals surface area contributed by atoms with Crippen molar-refractivity contribution in [1.82, 2.24) is 0 Å². The second kappa shape index (κ2) is 7.98.